The summed E-state index contributed by atoms with van der Waals surface area (Å²) in [5.74, 6) is 1.26. The molecule has 0 unspecified atom stereocenters. The van der Waals surface area contributed by atoms with E-state index in [1.54, 1.807) is 0 Å². The Morgan fingerprint density at radius 2 is 1.96 bits per heavy atom. The van der Waals surface area contributed by atoms with E-state index >= 15 is 0 Å². The average Bonchev–Trinajstić information content (AvgIpc) is 3.14. The topological polar surface area (TPSA) is 63.9 Å². The lowest BCUT2D eigenvalue weighted by Crippen LogP contribution is -2.68. The number of hydrogen-bond acceptors (Lipinski definition) is 4. The minimum Gasteiger partial charge on any atom is -0.392 e. The van der Waals surface area contributed by atoms with Crippen molar-refractivity contribution in [2.24, 2.45) is 39.9 Å². The predicted molar refractivity (Wildman–Crippen MR) is 98.2 cm³/mol. The number of nitrogens with zero attached hydrogens (tertiary/aromatic N) is 1. The number of fused-ring (bicyclic) bond motifs is 1. The maximum absolute atomic E-state index is 11.5. The molecule has 0 aromatic carbocycles. The quantitative estimate of drug-likeness (QED) is 0.625. The van der Waals surface area contributed by atoms with Crippen LogP contribution < -0.4 is 0 Å². The normalized spacial score (nSPS) is 65.5. The molecule has 3 N–H and O–H groups in total. The van der Waals surface area contributed by atoms with Gasteiger partial charge >= 0.3 is 0 Å². The van der Waals surface area contributed by atoms with Gasteiger partial charge in [-0.3, -0.25) is 4.90 Å². The zero-order chi connectivity index (χ0) is 18.2. The molecule has 5 aliphatic carbocycles. The predicted octanol–water partition coefficient (Wildman–Crippen LogP) is 1.79. The van der Waals surface area contributed by atoms with Gasteiger partial charge < -0.3 is 15.3 Å². The van der Waals surface area contributed by atoms with Gasteiger partial charge in [0.25, 0.3) is 0 Å². The van der Waals surface area contributed by atoms with Gasteiger partial charge in [0.05, 0.1) is 18.3 Å². The molecule has 0 aromatic rings. The third-order valence-electron chi connectivity index (χ3n) is 10.6. The molecule has 4 heteroatoms. The van der Waals surface area contributed by atoms with Crippen LogP contribution in [0, 0.1) is 39.9 Å². The lowest BCUT2D eigenvalue weighted by molar-refractivity contribution is -0.218. The Kier molecular flexibility index (Phi) is 2.92. The van der Waals surface area contributed by atoms with Crippen molar-refractivity contribution in [3.05, 3.63) is 12.2 Å². The van der Waals surface area contributed by atoms with E-state index in [1.165, 1.54) is 0 Å². The highest BCUT2D eigenvalue weighted by Gasteiger charge is 2.85. The second-order valence-electron chi connectivity index (χ2n) is 10.9. The molecule has 6 fully saturated rings. The van der Waals surface area contributed by atoms with Crippen LogP contribution in [0.5, 0.6) is 0 Å². The number of aliphatic hydroxyl groups is 3. The third kappa shape index (κ3) is 1.37. The molecule has 1 heterocycles. The Morgan fingerprint density at radius 1 is 1.19 bits per heavy atom. The molecule has 0 aromatic heterocycles. The molecular formula is C22H33NO3. The molecule has 1 saturated heterocycles. The summed E-state index contributed by atoms with van der Waals surface area (Å²) >= 11 is 0. The van der Waals surface area contributed by atoms with Gasteiger partial charge in [-0.2, -0.15) is 0 Å². The maximum Gasteiger partial charge on any atom is 0.0813 e. The van der Waals surface area contributed by atoms with E-state index < -0.39 is 12.2 Å². The van der Waals surface area contributed by atoms with Crippen molar-refractivity contribution >= 4 is 0 Å². The van der Waals surface area contributed by atoms with Gasteiger partial charge in [-0.05, 0) is 67.4 Å². The van der Waals surface area contributed by atoms with Crippen LogP contribution in [0.3, 0.4) is 0 Å². The first-order valence-corrected chi connectivity index (χ1v) is 10.8. The number of rotatable bonds is 1. The second kappa shape index (κ2) is 4.59. The van der Waals surface area contributed by atoms with E-state index in [4.69, 9.17) is 0 Å². The van der Waals surface area contributed by atoms with Crippen LogP contribution in [0.15, 0.2) is 12.2 Å². The Balaban J connectivity index is 1.61. The zero-order valence-corrected chi connectivity index (χ0v) is 16.1. The largest absolute Gasteiger partial charge is 0.392 e. The molecule has 5 saturated carbocycles. The van der Waals surface area contributed by atoms with E-state index in [9.17, 15) is 15.3 Å². The molecule has 144 valence electrons. The highest BCUT2D eigenvalue weighted by atomic mass is 16.3. The minimum atomic E-state index is -0.500. The summed E-state index contributed by atoms with van der Waals surface area (Å²) in [4.78, 5) is 2.65. The first-order chi connectivity index (χ1) is 12.3. The highest BCUT2D eigenvalue weighted by Crippen LogP contribution is 2.83. The summed E-state index contributed by atoms with van der Waals surface area (Å²) in [6, 6.07) is 0.373. The van der Waals surface area contributed by atoms with Crippen LogP contribution in [0.1, 0.15) is 46.0 Å². The average molecular weight is 360 g/mol. The van der Waals surface area contributed by atoms with E-state index in [-0.39, 0.29) is 34.2 Å². The Bertz CT molecular complexity index is 695. The van der Waals surface area contributed by atoms with Crippen LogP contribution in [0.2, 0.25) is 0 Å². The summed E-state index contributed by atoms with van der Waals surface area (Å²) in [6.45, 7) is 11.1. The van der Waals surface area contributed by atoms with Crippen molar-refractivity contribution in [3.63, 3.8) is 0 Å². The summed E-state index contributed by atoms with van der Waals surface area (Å²) in [5.41, 5.74) is 0.849. The van der Waals surface area contributed by atoms with Crippen LogP contribution in [0.25, 0.3) is 0 Å². The molecule has 4 nitrogen and oxygen atoms in total. The van der Waals surface area contributed by atoms with Crippen LogP contribution >= 0.6 is 0 Å². The maximum atomic E-state index is 11.5. The van der Waals surface area contributed by atoms with Crippen LogP contribution in [-0.4, -0.2) is 57.7 Å². The van der Waals surface area contributed by atoms with Gasteiger partial charge in [-0.25, -0.2) is 0 Å². The van der Waals surface area contributed by atoms with Crippen molar-refractivity contribution in [3.8, 4) is 0 Å². The summed E-state index contributed by atoms with van der Waals surface area (Å²) in [6.07, 6.45) is 3.58. The monoisotopic (exact) mass is 359 g/mol. The van der Waals surface area contributed by atoms with E-state index in [1.807, 2.05) is 0 Å². The first kappa shape index (κ1) is 16.5. The standard InChI is InChI=1S/C22H33NO3/c1-4-23-10-20(3)6-5-17(25)22-15(20)7-13(18(22)23)21-9-12(11(2)19(21)26)14(24)8-16(21)22/h12-19,24-26H,2,4-10H2,1,3H3/t12-,13+,14+,15-,16-,17+,18-,19-,20+,21+,22-/m1/s1. The third-order valence-corrected chi connectivity index (χ3v) is 10.6. The highest BCUT2D eigenvalue weighted by molar-refractivity contribution is 5.39. The Hall–Kier alpha value is -0.420. The van der Waals surface area contributed by atoms with E-state index in [0.717, 1.165) is 50.8 Å². The molecule has 7 bridgehead atoms. The van der Waals surface area contributed by atoms with Crippen molar-refractivity contribution < 1.29 is 15.3 Å². The lowest BCUT2D eigenvalue weighted by atomic mass is 9.43. The fourth-order valence-electron chi connectivity index (χ4n) is 9.97. The number of aliphatic hydroxyl groups excluding tert-OH is 3. The van der Waals surface area contributed by atoms with E-state index in [0.29, 0.717) is 17.9 Å². The first-order valence-electron chi connectivity index (χ1n) is 10.8. The van der Waals surface area contributed by atoms with Gasteiger partial charge in [0.1, 0.15) is 0 Å². The lowest BCUT2D eigenvalue weighted by Gasteiger charge is -2.65. The van der Waals surface area contributed by atoms with Gasteiger partial charge in [-0.15, -0.1) is 0 Å². The van der Waals surface area contributed by atoms with Gasteiger partial charge in [0.2, 0.25) is 0 Å². The summed E-state index contributed by atoms with van der Waals surface area (Å²) in [5, 5.41) is 33.8. The van der Waals surface area contributed by atoms with Crippen molar-refractivity contribution in [1.29, 1.82) is 0 Å². The van der Waals surface area contributed by atoms with Crippen LogP contribution in [0.4, 0.5) is 0 Å². The molecule has 6 rings (SSSR count). The SMILES string of the molecule is C=C1[C@H]2C[C@@]3([C@@H]1O)[C@@H](C[C@@H]2O)[C@@]12[C@@H]4C[C@H]3[C@H]1N(CC)C[C@]4(C)CC[C@@H]2O. The minimum absolute atomic E-state index is 0.0547. The fraction of sp³-hybridized carbons (Fsp3) is 0.909. The van der Waals surface area contributed by atoms with Gasteiger partial charge in [-0.1, -0.05) is 20.4 Å². The Labute approximate surface area is 156 Å². The molecule has 11 atom stereocenters. The molecule has 26 heavy (non-hydrogen) atoms. The number of piperidine rings is 1. The molecule has 0 radical (unpaired) electrons. The number of hydrogen-bond donors (Lipinski definition) is 3. The van der Waals surface area contributed by atoms with Gasteiger partial charge in [0.15, 0.2) is 0 Å². The molecular weight excluding hydrogens is 326 g/mol. The molecule has 0 amide bonds. The van der Waals surface area contributed by atoms with Crippen LogP contribution in [-0.2, 0) is 0 Å². The number of likely N-dealkylation sites (tertiary alicyclic amines) is 1. The second-order valence-corrected chi connectivity index (χ2v) is 10.9. The molecule has 6 aliphatic rings. The molecule has 1 aliphatic heterocycles. The molecule has 2 spiro atoms. The summed E-state index contributed by atoms with van der Waals surface area (Å²) in [7, 11) is 0. The smallest absolute Gasteiger partial charge is 0.0813 e. The van der Waals surface area contributed by atoms with Crippen molar-refractivity contribution in [2.45, 2.75) is 70.3 Å². The van der Waals surface area contributed by atoms with Gasteiger partial charge in [0, 0.05) is 29.3 Å². The van der Waals surface area contributed by atoms with E-state index in [2.05, 4.69) is 25.3 Å². The Morgan fingerprint density at radius 3 is 2.69 bits per heavy atom. The zero-order valence-electron chi connectivity index (χ0n) is 16.1. The van der Waals surface area contributed by atoms with Crippen molar-refractivity contribution in [1.82, 2.24) is 4.90 Å². The van der Waals surface area contributed by atoms with Crippen molar-refractivity contribution in [2.75, 3.05) is 13.1 Å². The summed E-state index contributed by atoms with van der Waals surface area (Å²) < 4.78 is 0. The fourth-order valence-corrected chi connectivity index (χ4v) is 9.97.